The highest BCUT2D eigenvalue weighted by Gasteiger charge is 2.12. The van der Waals surface area contributed by atoms with E-state index < -0.39 is 0 Å². The standard InChI is InChI=1S/C24H26ClN3O/c1-15-6-8-20(10-17(15)3)12-24(29)27-26-14-21-11-18(4)28(19(21)5)23-13-22(25)9-7-16(23)2/h6-11,13-14H,12H2,1-5H3,(H,27,29)/b26-14-. The molecule has 0 fully saturated rings. The number of hydrazone groups is 1. The number of carbonyl (C=O) groups excluding carboxylic acids is 1. The Labute approximate surface area is 177 Å². The minimum absolute atomic E-state index is 0.135. The van der Waals surface area contributed by atoms with Gasteiger partial charge in [-0.05, 0) is 75.1 Å². The molecule has 0 unspecified atom stereocenters. The van der Waals surface area contributed by atoms with E-state index in [9.17, 15) is 4.79 Å². The zero-order valence-electron chi connectivity index (χ0n) is 17.5. The molecule has 0 aliphatic carbocycles. The predicted molar refractivity (Wildman–Crippen MR) is 120 cm³/mol. The largest absolute Gasteiger partial charge is 0.318 e. The van der Waals surface area contributed by atoms with Gasteiger partial charge in [-0.25, -0.2) is 5.43 Å². The van der Waals surface area contributed by atoms with E-state index in [1.54, 1.807) is 6.21 Å². The Morgan fingerprint density at radius 3 is 2.45 bits per heavy atom. The average molecular weight is 408 g/mol. The number of nitrogens with one attached hydrogen (secondary N) is 1. The minimum atomic E-state index is -0.135. The first kappa shape index (κ1) is 20.9. The van der Waals surface area contributed by atoms with E-state index in [1.165, 1.54) is 11.1 Å². The monoisotopic (exact) mass is 407 g/mol. The molecule has 0 saturated heterocycles. The maximum atomic E-state index is 12.2. The third-order valence-corrected chi connectivity index (χ3v) is 5.45. The summed E-state index contributed by atoms with van der Waals surface area (Å²) in [6.45, 7) is 10.2. The second-order valence-corrected chi connectivity index (χ2v) is 7.92. The summed E-state index contributed by atoms with van der Waals surface area (Å²) < 4.78 is 2.15. The van der Waals surface area contributed by atoms with Gasteiger partial charge in [0.1, 0.15) is 0 Å². The van der Waals surface area contributed by atoms with E-state index in [2.05, 4.69) is 35.0 Å². The molecule has 5 heteroatoms. The number of nitrogens with zero attached hydrogens (tertiary/aromatic N) is 2. The number of carbonyl (C=O) groups is 1. The van der Waals surface area contributed by atoms with Crippen molar-refractivity contribution in [3.05, 3.63) is 86.7 Å². The molecule has 3 aromatic rings. The van der Waals surface area contributed by atoms with Crippen LogP contribution in [-0.2, 0) is 11.2 Å². The molecule has 2 aromatic carbocycles. The molecular weight excluding hydrogens is 382 g/mol. The van der Waals surface area contributed by atoms with Gasteiger partial charge in [-0.15, -0.1) is 0 Å². The third kappa shape index (κ3) is 4.77. The number of hydrogen-bond acceptors (Lipinski definition) is 2. The number of amides is 1. The van der Waals surface area contributed by atoms with Crippen molar-refractivity contribution < 1.29 is 4.79 Å². The lowest BCUT2D eigenvalue weighted by Crippen LogP contribution is -2.19. The van der Waals surface area contributed by atoms with Gasteiger partial charge in [0.15, 0.2) is 0 Å². The predicted octanol–water partition coefficient (Wildman–Crippen LogP) is 5.37. The quantitative estimate of drug-likeness (QED) is 0.448. The fourth-order valence-electron chi connectivity index (χ4n) is 3.42. The Morgan fingerprint density at radius 2 is 1.72 bits per heavy atom. The van der Waals surface area contributed by atoms with Crippen LogP contribution in [0.1, 0.15) is 39.2 Å². The fourth-order valence-corrected chi connectivity index (χ4v) is 3.59. The summed E-state index contributed by atoms with van der Waals surface area (Å²) in [7, 11) is 0. The van der Waals surface area contributed by atoms with Crippen LogP contribution in [0.15, 0.2) is 47.6 Å². The fraction of sp³-hybridized carbons (Fsp3) is 0.250. The molecule has 1 amide bonds. The molecule has 0 radical (unpaired) electrons. The topological polar surface area (TPSA) is 46.4 Å². The summed E-state index contributed by atoms with van der Waals surface area (Å²) in [5.41, 5.74) is 11.3. The molecule has 1 aromatic heterocycles. The van der Waals surface area contributed by atoms with Crippen molar-refractivity contribution in [2.75, 3.05) is 0 Å². The van der Waals surface area contributed by atoms with Crippen molar-refractivity contribution in [1.29, 1.82) is 0 Å². The number of aryl methyl sites for hydroxylation is 4. The maximum absolute atomic E-state index is 12.2. The molecule has 0 aliphatic rings. The van der Waals surface area contributed by atoms with E-state index in [-0.39, 0.29) is 5.91 Å². The average Bonchev–Trinajstić information content (AvgIpc) is 2.94. The van der Waals surface area contributed by atoms with Gasteiger partial charge in [0.05, 0.1) is 12.6 Å². The zero-order chi connectivity index (χ0) is 21.1. The molecule has 3 rings (SSSR count). The highest BCUT2D eigenvalue weighted by atomic mass is 35.5. The molecule has 0 aliphatic heterocycles. The third-order valence-electron chi connectivity index (χ3n) is 5.21. The van der Waals surface area contributed by atoms with E-state index in [0.717, 1.165) is 33.8 Å². The number of benzene rings is 2. The molecule has 1 heterocycles. The minimum Gasteiger partial charge on any atom is -0.318 e. The summed E-state index contributed by atoms with van der Waals surface area (Å²) in [5.74, 6) is -0.135. The van der Waals surface area contributed by atoms with Gasteiger partial charge in [0.2, 0.25) is 5.91 Å². The molecule has 0 atom stereocenters. The van der Waals surface area contributed by atoms with E-state index in [4.69, 9.17) is 11.6 Å². The number of hydrogen-bond donors (Lipinski definition) is 1. The van der Waals surface area contributed by atoms with Gasteiger partial charge < -0.3 is 4.57 Å². The van der Waals surface area contributed by atoms with Gasteiger partial charge in [0.25, 0.3) is 0 Å². The first-order chi connectivity index (χ1) is 13.8. The molecule has 150 valence electrons. The van der Waals surface area contributed by atoms with Gasteiger partial charge in [-0.2, -0.15) is 5.10 Å². The van der Waals surface area contributed by atoms with Crippen LogP contribution in [0.2, 0.25) is 5.02 Å². The Balaban J connectivity index is 1.73. The Morgan fingerprint density at radius 1 is 1.00 bits per heavy atom. The van der Waals surface area contributed by atoms with Crippen molar-refractivity contribution >= 4 is 23.7 Å². The second kappa shape index (κ2) is 8.66. The smallest absolute Gasteiger partial charge is 0.244 e. The van der Waals surface area contributed by atoms with Crippen molar-refractivity contribution in [3.8, 4) is 5.69 Å². The molecular formula is C24H26ClN3O. The molecule has 0 bridgehead atoms. The van der Waals surface area contributed by atoms with E-state index >= 15 is 0 Å². The Hall–Kier alpha value is -2.85. The van der Waals surface area contributed by atoms with Crippen LogP contribution >= 0.6 is 11.6 Å². The summed E-state index contributed by atoms with van der Waals surface area (Å²) >= 11 is 6.19. The van der Waals surface area contributed by atoms with Crippen molar-refractivity contribution in [2.24, 2.45) is 5.10 Å². The van der Waals surface area contributed by atoms with Crippen molar-refractivity contribution in [1.82, 2.24) is 9.99 Å². The lowest BCUT2D eigenvalue weighted by molar-refractivity contribution is -0.120. The van der Waals surface area contributed by atoms with Crippen LogP contribution in [0.3, 0.4) is 0 Å². The van der Waals surface area contributed by atoms with Gasteiger partial charge in [-0.1, -0.05) is 35.9 Å². The number of rotatable bonds is 5. The van der Waals surface area contributed by atoms with Crippen LogP contribution in [0.5, 0.6) is 0 Å². The SMILES string of the molecule is Cc1ccc(CC(=O)N/N=C\c2cc(C)n(-c3cc(Cl)ccc3C)c2C)cc1C. The second-order valence-electron chi connectivity index (χ2n) is 7.48. The molecule has 0 spiro atoms. The van der Waals surface area contributed by atoms with Crippen molar-refractivity contribution in [2.45, 2.75) is 41.0 Å². The molecule has 1 N–H and O–H groups in total. The summed E-state index contributed by atoms with van der Waals surface area (Å²) in [5, 5.41) is 4.86. The van der Waals surface area contributed by atoms with Crippen LogP contribution in [-0.4, -0.2) is 16.7 Å². The zero-order valence-corrected chi connectivity index (χ0v) is 18.3. The van der Waals surface area contributed by atoms with E-state index in [0.29, 0.717) is 11.4 Å². The normalized spacial score (nSPS) is 11.2. The van der Waals surface area contributed by atoms with Crippen LogP contribution < -0.4 is 5.43 Å². The van der Waals surface area contributed by atoms with Gasteiger partial charge >= 0.3 is 0 Å². The van der Waals surface area contributed by atoms with Crippen LogP contribution in [0, 0.1) is 34.6 Å². The van der Waals surface area contributed by atoms with Gasteiger partial charge in [-0.3, -0.25) is 4.79 Å². The first-order valence-electron chi connectivity index (χ1n) is 9.59. The van der Waals surface area contributed by atoms with Crippen LogP contribution in [0.25, 0.3) is 5.69 Å². The highest BCUT2D eigenvalue weighted by molar-refractivity contribution is 6.30. The highest BCUT2D eigenvalue weighted by Crippen LogP contribution is 2.25. The Bertz CT molecular complexity index is 1100. The van der Waals surface area contributed by atoms with Crippen LogP contribution in [0.4, 0.5) is 0 Å². The number of halogens is 1. The molecule has 29 heavy (non-hydrogen) atoms. The summed E-state index contributed by atoms with van der Waals surface area (Å²) in [4.78, 5) is 12.2. The Kier molecular flexibility index (Phi) is 6.23. The van der Waals surface area contributed by atoms with E-state index in [1.807, 2.05) is 57.2 Å². The molecule has 0 saturated carbocycles. The summed E-state index contributed by atoms with van der Waals surface area (Å²) in [6, 6.07) is 14.0. The lowest BCUT2D eigenvalue weighted by atomic mass is 10.0. The lowest BCUT2D eigenvalue weighted by Gasteiger charge is -2.13. The van der Waals surface area contributed by atoms with Gasteiger partial charge in [0, 0.05) is 27.7 Å². The first-order valence-corrected chi connectivity index (χ1v) is 9.97. The molecule has 4 nitrogen and oxygen atoms in total. The maximum Gasteiger partial charge on any atom is 0.244 e. The summed E-state index contributed by atoms with van der Waals surface area (Å²) in [6.07, 6.45) is 2.00. The van der Waals surface area contributed by atoms with Crippen molar-refractivity contribution in [3.63, 3.8) is 0 Å². The number of aromatic nitrogens is 1.